The van der Waals surface area contributed by atoms with Gasteiger partial charge in [0.2, 0.25) is 0 Å². The van der Waals surface area contributed by atoms with Crippen LogP contribution in [0.2, 0.25) is 0 Å². The van der Waals surface area contributed by atoms with Crippen LogP contribution in [0.1, 0.15) is 44.9 Å². The summed E-state index contributed by atoms with van der Waals surface area (Å²) in [6, 6.07) is 3.71. The molecule has 6 heteroatoms. The highest BCUT2D eigenvalue weighted by atomic mass is 16.5. The molecule has 0 saturated heterocycles. The maximum absolute atomic E-state index is 11.0. The van der Waals surface area contributed by atoms with E-state index in [4.69, 9.17) is 19.6 Å². The topological polar surface area (TPSA) is 73.6 Å². The van der Waals surface area contributed by atoms with E-state index in [1.165, 1.54) is 0 Å². The van der Waals surface area contributed by atoms with Crippen molar-refractivity contribution in [1.82, 2.24) is 9.55 Å². The molecule has 0 saturated carbocycles. The Morgan fingerprint density at radius 3 is 2.35 bits per heavy atom. The van der Waals surface area contributed by atoms with Gasteiger partial charge < -0.3 is 19.1 Å². The number of nitrogens with zero attached hydrogens (tertiary/aromatic N) is 2. The Morgan fingerprint density at radius 1 is 1.22 bits per heavy atom. The number of aromatic nitrogens is 2. The second-order valence-corrected chi connectivity index (χ2v) is 5.47. The second-order valence-electron chi connectivity index (χ2n) is 5.47. The number of hydrogen-bond donors (Lipinski definition) is 1. The van der Waals surface area contributed by atoms with E-state index in [2.05, 4.69) is 13.8 Å². The number of aliphatic carboxylic acids is 1. The fourth-order valence-electron chi connectivity index (χ4n) is 2.88. The van der Waals surface area contributed by atoms with Crippen molar-refractivity contribution in [3.8, 4) is 11.5 Å². The molecule has 0 radical (unpaired) electrons. The molecule has 0 unspecified atom stereocenters. The standard InChI is InChI=1S/C17H24N2O4/c1-5-11(6-2)17-18-12-9-14(22-3)15(23-4)10-13(12)19(17)8-7-16(20)21/h9-11H,5-8H2,1-4H3,(H,20,21). The number of methoxy groups -OCH3 is 2. The van der Waals surface area contributed by atoms with Gasteiger partial charge in [-0.2, -0.15) is 0 Å². The molecular formula is C17H24N2O4. The zero-order valence-corrected chi connectivity index (χ0v) is 14.1. The highest BCUT2D eigenvalue weighted by molar-refractivity contribution is 5.81. The maximum atomic E-state index is 11.0. The molecule has 1 heterocycles. The first-order valence-electron chi connectivity index (χ1n) is 7.89. The van der Waals surface area contributed by atoms with Gasteiger partial charge in [0.15, 0.2) is 11.5 Å². The normalized spacial score (nSPS) is 11.2. The predicted molar refractivity (Wildman–Crippen MR) is 88.4 cm³/mol. The summed E-state index contributed by atoms with van der Waals surface area (Å²) >= 11 is 0. The molecule has 6 nitrogen and oxygen atoms in total. The molecule has 126 valence electrons. The average molecular weight is 320 g/mol. The van der Waals surface area contributed by atoms with Crippen molar-refractivity contribution in [2.24, 2.45) is 0 Å². The van der Waals surface area contributed by atoms with E-state index in [9.17, 15) is 4.79 Å². The Bertz CT molecular complexity index is 689. The van der Waals surface area contributed by atoms with Gasteiger partial charge in [0.25, 0.3) is 0 Å². The minimum Gasteiger partial charge on any atom is -0.493 e. The highest BCUT2D eigenvalue weighted by Gasteiger charge is 2.20. The number of carboxylic acid groups (broad SMARTS) is 1. The fraction of sp³-hybridized carbons (Fsp3) is 0.529. The van der Waals surface area contributed by atoms with E-state index in [-0.39, 0.29) is 6.42 Å². The Kier molecular flexibility index (Phi) is 5.47. The molecule has 23 heavy (non-hydrogen) atoms. The summed E-state index contributed by atoms with van der Waals surface area (Å²) in [6.45, 7) is 4.64. The van der Waals surface area contributed by atoms with E-state index < -0.39 is 5.97 Å². The van der Waals surface area contributed by atoms with Gasteiger partial charge in [-0.05, 0) is 12.8 Å². The number of fused-ring (bicyclic) bond motifs is 1. The molecule has 0 amide bonds. The Balaban J connectivity index is 2.63. The third-order valence-corrected chi connectivity index (χ3v) is 4.18. The van der Waals surface area contributed by atoms with Crippen LogP contribution in [0.3, 0.4) is 0 Å². The lowest BCUT2D eigenvalue weighted by atomic mass is 10.0. The number of ether oxygens (including phenoxy) is 2. The summed E-state index contributed by atoms with van der Waals surface area (Å²) in [5, 5.41) is 9.03. The predicted octanol–water partition coefficient (Wildman–Crippen LogP) is 3.43. The van der Waals surface area contributed by atoms with Crippen molar-refractivity contribution >= 4 is 17.0 Å². The molecule has 2 aromatic rings. The fourth-order valence-corrected chi connectivity index (χ4v) is 2.88. The largest absolute Gasteiger partial charge is 0.493 e. The Labute approximate surface area is 136 Å². The molecule has 0 aliphatic rings. The minimum absolute atomic E-state index is 0.0625. The summed E-state index contributed by atoms with van der Waals surface area (Å²) < 4.78 is 12.7. The molecule has 0 spiro atoms. The van der Waals surface area contributed by atoms with E-state index in [1.807, 2.05) is 16.7 Å². The molecular weight excluding hydrogens is 296 g/mol. The van der Waals surface area contributed by atoms with Crippen molar-refractivity contribution in [1.29, 1.82) is 0 Å². The number of carboxylic acids is 1. The SMILES string of the molecule is CCC(CC)c1nc2cc(OC)c(OC)cc2n1CCC(=O)O. The van der Waals surface area contributed by atoms with Crippen LogP contribution in [-0.2, 0) is 11.3 Å². The number of benzene rings is 1. The van der Waals surface area contributed by atoms with Crippen LogP contribution in [-0.4, -0.2) is 34.8 Å². The Morgan fingerprint density at radius 2 is 1.83 bits per heavy atom. The summed E-state index contributed by atoms with van der Waals surface area (Å²) in [7, 11) is 3.18. The van der Waals surface area contributed by atoms with Crippen LogP contribution in [0.25, 0.3) is 11.0 Å². The first kappa shape index (κ1) is 17.1. The van der Waals surface area contributed by atoms with E-state index in [0.29, 0.717) is 24.0 Å². The zero-order chi connectivity index (χ0) is 17.0. The molecule has 1 aromatic heterocycles. The molecule has 1 aromatic carbocycles. The van der Waals surface area contributed by atoms with Gasteiger partial charge in [-0.1, -0.05) is 13.8 Å². The lowest BCUT2D eigenvalue weighted by Gasteiger charge is -2.15. The van der Waals surface area contributed by atoms with E-state index in [1.54, 1.807) is 14.2 Å². The molecule has 0 bridgehead atoms. The maximum Gasteiger partial charge on any atom is 0.305 e. The summed E-state index contributed by atoms with van der Waals surface area (Å²) in [5.41, 5.74) is 1.68. The van der Waals surface area contributed by atoms with Gasteiger partial charge in [0.05, 0.1) is 31.7 Å². The quantitative estimate of drug-likeness (QED) is 0.806. The van der Waals surface area contributed by atoms with E-state index in [0.717, 1.165) is 29.7 Å². The van der Waals surface area contributed by atoms with Crippen molar-refractivity contribution in [2.75, 3.05) is 14.2 Å². The van der Waals surface area contributed by atoms with Gasteiger partial charge in [-0.25, -0.2) is 4.98 Å². The molecule has 2 rings (SSSR count). The van der Waals surface area contributed by atoms with Crippen LogP contribution >= 0.6 is 0 Å². The summed E-state index contributed by atoms with van der Waals surface area (Å²) in [5.74, 6) is 1.66. The molecule has 0 atom stereocenters. The molecule has 1 N–H and O–H groups in total. The first-order chi connectivity index (χ1) is 11.0. The third kappa shape index (κ3) is 3.41. The van der Waals surface area contributed by atoms with Crippen molar-refractivity contribution in [3.63, 3.8) is 0 Å². The number of hydrogen-bond acceptors (Lipinski definition) is 4. The number of aryl methyl sites for hydroxylation is 1. The summed E-state index contributed by atoms with van der Waals surface area (Å²) in [6.07, 6.45) is 1.98. The van der Waals surface area contributed by atoms with E-state index >= 15 is 0 Å². The number of carbonyl (C=O) groups is 1. The van der Waals surface area contributed by atoms with Crippen LogP contribution in [0.4, 0.5) is 0 Å². The van der Waals surface area contributed by atoms with Crippen LogP contribution in [0.5, 0.6) is 11.5 Å². The van der Waals surface area contributed by atoms with Crippen LogP contribution in [0, 0.1) is 0 Å². The lowest BCUT2D eigenvalue weighted by molar-refractivity contribution is -0.137. The molecule has 0 aliphatic heterocycles. The van der Waals surface area contributed by atoms with Gasteiger partial charge in [0, 0.05) is 24.6 Å². The smallest absolute Gasteiger partial charge is 0.305 e. The van der Waals surface area contributed by atoms with Gasteiger partial charge >= 0.3 is 5.97 Å². The first-order valence-corrected chi connectivity index (χ1v) is 7.89. The third-order valence-electron chi connectivity index (χ3n) is 4.18. The highest BCUT2D eigenvalue weighted by Crippen LogP contribution is 2.34. The second kappa shape index (κ2) is 7.35. The van der Waals surface area contributed by atoms with Gasteiger partial charge in [-0.3, -0.25) is 4.79 Å². The van der Waals surface area contributed by atoms with Crippen LogP contribution in [0.15, 0.2) is 12.1 Å². The monoisotopic (exact) mass is 320 g/mol. The minimum atomic E-state index is -0.817. The van der Waals surface area contributed by atoms with Gasteiger partial charge in [-0.15, -0.1) is 0 Å². The Hall–Kier alpha value is -2.24. The molecule has 0 aliphatic carbocycles. The number of rotatable bonds is 8. The number of imidazole rings is 1. The van der Waals surface area contributed by atoms with Crippen molar-refractivity contribution in [3.05, 3.63) is 18.0 Å². The average Bonchev–Trinajstić information content (AvgIpc) is 2.90. The van der Waals surface area contributed by atoms with Crippen molar-refractivity contribution in [2.45, 2.75) is 45.6 Å². The van der Waals surface area contributed by atoms with Gasteiger partial charge in [0.1, 0.15) is 5.82 Å². The zero-order valence-electron chi connectivity index (χ0n) is 14.1. The molecule has 0 fully saturated rings. The summed E-state index contributed by atoms with van der Waals surface area (Å²) in [4.78, 5) is 15.7. The van der Waals surface area contributed by atoms with Crippen LogP contribution < -0.4 is 9.47 Å². The lowest BCUT2D eigenvalue weighted by Crippen LogP contribution is -2.11. The van der Waals surface area contributed by atoms with Crippen molar-refractivity contribution < 1.29 is 19.4 Å².